The van der Waals surface area contributed by atoms with E-state index >= 15 is 0 Å². The minimum absolute atomic E-state index is 0. The number of hydrogen-bond acceptors (Lipinski definition) is 8. The Bertz CT molecular complexity index is 45.4. The maximum Gasteiger partial charge on any atom is 2.00 e. The van der Waals surface area contributed by atoms with Crippen molar-refractivity contribution >= 4 is 203 Å². The number of hydrogen-bond donors (Lipinski definition) is 0. The molecule has 2 N–H and O–H groups in total. The number of halogens is 2. The van der Waals surface area contributed by atoms with Gasteiger partial charge in [-0.05, 0) is 0 Å². The first-order valence-corrected chi connectivity index (χ1v) is 1.41. The van der Waals surface area contributed by atoms with Gasteiger partial charge in [-0.1, -0.05) is 0 Å². The smallest absolute Gasteiger partial charge is 1.00 e. The van der Waals surface area contributed by atoms with Gasteiger partial charge in [0.1, 0.15) is 0 Å². The van der Waals surface area contributed by atoms with E-state index in [0.29, 0.717) is 0 Å². The molecule has 0 saturated heterocycles. The van der Waals surface area contributed by atoms with Gasteiger partial charge in [0.15, 0.2) is 0 Å². The van der Waals surface area contributed by atoms with Crippen LogP contribution >= 0.6 is 0 Å². The van der Waals surface area contributed by atoms with E-state index in [1.54, 1.807) is 0 Å². The molecule has 0 aliphatic carbocycles. The average Bonchev–Trinajstić information content (AvgIpc) is 1.25. The Morgan fingerprint density at radius 1 is 0.412 bits per heavy atom. The first kappa shape index (κ1) is 75.7. The molecule has 0 radical (unpaired) electrons. The monoisotopic (exact) mass is 422 g/mol. The van der Waals surface area contributed by atoms with Gasteiger partial charge >= 0.3 is 189 Å². The van der Waals surface area contributed by atoms with Crippen LogP contribution in [0, 0.1) is 0 Å². The van der Waals surface area contributed by atoms with Crippen LogP contribution in [0.3, 0.4) is 0 Å². The van der Waals surface area contributed by atoms with Gasteiger partial charge < -0.3 is 65.9 Å². The summed E-state index contributed by atoms with van der Waals surface area (Å²) in [4.78, 5) is 0. The Morgan fingerprint density at radius 2 is 0.412 bits per heavy atom. The fourth-order valence-corrected chi connectivity index (χ4v) is 0. The fraction of sp³-hybridized carbons (Fsp3) is 0. The van der Waals surface area contributed by atoms with Gasteiger partial charge in [0, 0.05) is 0 Å². The van der Waals surface area contributed by atoms with E-state index in [1.807, 2.05) is 0 Å². The summed E-state index contributed by atoms with van der Waals surface area (Å²) in [6.07, 6.45) is 0. The van der Waals surface area contributed by atoms with Gasteiger partial charge in [0.25, 0.3) is 0 Å². The zero-order chi connectivity index (χ0) is 7.15. The molecule has 0 fully saturated rings. The third kappa shape index (κ3) is 217. The zero-order valence-corrected chi connectivity index (χ0v) is 21.3. The van der Waals surface area contributed by atoms with E-state index in [-0.39, 0.29) is 224 Å². The summed E-state index contributed by atoms with van der Waals surface area (Å²) in [6, 6.07) is 0. The molecule has 17 heavy (non-hydrogen) atoms. The Morgan fingerprint density at radius 3 is 0.412 bits per heavy atom. The number of rotatable bonds is 0. The predicted molar refractivity (Wildman–Crippen MR) is 44.1 cm³/mol. The zero-order valence-electron chi connectivity index (χ0n) is 8.79. The van der Waals surface area contributed by atoms with E-state index in [2.05, 4.69) is 0 Å². The minimum Gasteiger partial charge on any atom is -1.00 e. The van der Waals surface area contributed by atoms with E-state index in [0.717, 1.165) is 0 Å². The molecule has 0 aromatic heterocycles. The Balaban J connectivity index is -0.00000000308. The van der Waals surface area contributed by atoms with Crippen LogP contribution in [0.1, 0.15) is 0 Å². The summed E-state index contributed by atoms with van der Waals surface area (Å²) in [5.74, 6) is 0. The normalized spacial score (nSPS) is 3.18. The summed E-state index contributed by atoms with van der Waals surface area (Å²) in [5, 5.41) is 50.5. The van der Waals surface area contributed by atoms with Gasteiger partial charge in [-0.3, -0.25) is 14.6 Å². The second-order valence-electron chi connectivity index (χ2n) is 0.577. The van der Waals surface area contributed by atoms with Crippen molar-refractivity contribution in [2.24, 2.45) is 0 Å². The average molecular weight is 423 g/mol. The van der Waals surface area contributed by atoms with E-state index in [9.17, 15) is 0 Å². The quantitative estimate of drug-likeness (QED) is 0.342. The summed E-state index contributed by atoms with van der Waals surface area (Å²) in [5.41, 5.74) is 0. The first-order valence-electron chi connectivity index (χ1n) is 1.41. The van der Waals surface area contributed by atoms with Crippen molar-refractivity contribution in [2.45, 2.75) is 0 Å². The summed E-state index contributed by atoms with van der Waals surface area (Å²) < 4.78 is 0. The van der Waals surface area contributed by atoms with Crippen molar-refractivity contribution < 1.29 is 65.9 Å². The molecule has 80 valence electrons. The van der Waals surface area contributed by atoms with Crippen LogP contribution in [0.15, 0.2) is 0 Å². The molecule has 0 saturated carbocycles. The predicted octanol–water partition coefficient (Wildman–Crippen LogP) is -16.1. The van der Waals surface area contributed by atoms with Crippen molar-refractivity contribution in [1.29, 1.82) is 0 Å². The van der Waals surface area contributed by atoms with Gasteiger partial charge in [-0.25, -0.2) is 0 Å². The molecule has 17 heteroatoms. The maximum atomic E-state index is 8.42. The molecule has 0 atom stereocenters. The third-order valence-corrected chi connectivity index (χ3v) is 0. The topological polar surface area (TPSA) is 198 Å². The van der Waals surface area contributed by atoms with Crippen LogP contribution in [0.25, 0.3) is 0 Å². The van der Waals surface area contributed by atoms with Crippen molar-refractivity contribution in [1.82, 2.24) is 0 Å². The molecule has 0 unspecified atom stereocenters. The van der Waals surface area contributed by atoms with Crippen LogP contribution in [0.2, 0.25) is 0 Å². The Labute approximate surface area is 262 Å². The molecule has 0 aliphatic rings. The van der Waals surface area contributed by atoms with Crippen LogP contribution in [0.5, 0.6) is 0 Å². The molecule has 0 bridgehead atoms. The first-order chi connectivity index (χ1) is 3.46. The molecule has 0 heterocycles. The van der Waals surface area contributed by atoms with Crippen LogP contribution < -0.4 is 55.0 Å². The van der Waals surface area contributed by atoms with E-state index in [1.165, 1.54) is 0 Å². The van der Waals surface area contributed by atoms with Crippen LogP contribution in [-0.2, 0) is 0 Å². The SMILES string of the molecule is [Ca+2].[Ca+2].[Ca+2].[Ca+2].[Ca+2].[Cl-].[Cl-].[O-]B([O-])[O-].[O-]B([O-])[O-].[OH-].[OH-]. The second-order valence-corrected chi connectivity index (χ2v) is 0.577. The molecule has 0 spiro atoms. The second kappa shape index (κ2) is 66.3. The fourth-order valence-electron chi connectivity index (χ4n) is 0. The molecule has 0 rings (SSSR count). The Hall–Kier alpha value is 6.69. The van der Waals surface area contributed by atoms with Gasteiger partial charge in [0.2, 0.25) is 0 Å². The van der Waals surface area contributed by atoms with Crippen molar-refractivity contribution in [2.75, 3.05) is 0 Å². The summed E-state index contributed by atoms with van der Waals surface area (Å²) >= 11 is 0. The third-order valence-electron chi connectivity index (χ3n) is 0. The van der Waals surface area contributed by atoms with Gasteiger partial charge in [0.05, 0.1) is 0 Å². The summed E-state index contributed by atoms with van der Waals surface area (Å²) in [6.45, 7) is 0. The van der Waals surface area contributed by atoms with Gasteiger partial charge in [-0.15, -0.1) is 0 Å². The van der Waals surface area contributed by atoms with Crippen LogP contribution in [0.4, 0.5) is 0 Å². The maximum absolute atomic E-state index is 8.42. The molecule has 0 aromatic carbocycles. The van der Waals surface area contributed by atoms with E-state index < -0.39 is 14.6 Å². The largest absolute Gasteiger partial charge is 2.00 e. The van der Waals surface area contributed by atoms with E-state index in [4.69, 9.17) is 30.1 Å². The molecule has 0 aromatic rings. The van der Waals surface area contributed by atoms with Crippen molar-refractivity contribution in [3.05, 3.63) is 0 Å². The van der Waals surface area contributed by atoms with Crippen molar-refractivity contribution in [3.8, 4) is 0 Å². The van der Waals surface area contributed by atoms with Gasteiger partial charge in [-0.2, -0.15) is 0 Å². The van der Waals surface area contributed by atoms with Crippen molar-refractivity contribution in [3.63, 3.8) is 0 Å². The molecular weight excluding hydrogens is 421 g/mol. The minimum atomic E-state index is -2.92. The Kier molecular flexibility index (Phi) is 295. The van der Waals surface area contributed by atoms with Crippen LogP contribution in [-0.4, -0.2) is 214 Å². The molecular formula is H2B2Ca5Cl2O8. The molecule has 0 amide bonds. The summed E-state index contributed by atoms with van der Waals surface area (Å²) in [7, 11) is -5.83. The molecule has 8 nitrogen and oxygen atoms in total. The standard InChI is InChI=1S/2BO3.5Ca.2ClH.2H2O/c2*2-1(3)4;;;;;;;;;/h;;;;;;;2*1H;2*1H2/q2*-3;5*+2;;;;/p-4. The molecule has 0 aliphatic heterocycles.